The predicted octanol–water partition coefficient (Wildman–Crippen LogP) is 2.50. The van der Waals surface area contributed by atoms with E-state index in [1.54, 1.807) is 18.2 Å². The van der Waals surface area contributed by atoms with Crippen molar-refractivity contribution in [1.29, 1.82) is 0 Å². The Balaban J connectivity index is 2.10. The molecule has 1 heterocycles. The van der Waals surface area contributed by atoms with Crippen LogP contribution in [0.4, 0.5) is 11.4 Å². The topological polar surface area (TPSA) is 93.1 Å². The lowest BCUT2D eigenvalue weighted by atomic mass is 10.2. The number of epoxide rings is 1. The second-order valence-corrected chi connectivity index (χ2v) is 7.41. The molecule has 2 aromatic rings. The van der Waals surface area contributed by atoms with Crippen LogP contribution in [-0.2, 0) is 14.8 Å². The van der Waals surface area contributed by atoms with Crippen molar-refractivity contribution in [3.8, 4) is 0 Å². The highest BCUT2D eigenvalue weighted by Crippen LogP contribution is 2.33. The van der Waals surface area contributed by atoms with Gasteiger partial charge in [-0.25, -0.2) is 8.42 Å². The Labute approximate surface area is 139 Å². The highest BCUT2D eigenvalue weighted by atomic mass is 32.2. The van der Waals surface area contributed by atoms with Gasteiger partial charge in [-0.1, -0.05) is 29.8 Å². The third kappa shape index (κ3) is 3.24. The number of sulfonamides is 1. The Kier molecular flexibility index (Phi) is 4.25. The summed E-state index contributed by atoms with van der Waals surface area (Å²) in [6.45, 7) is 2.34. The second kappa shape index (κ2) is 6.21. The summed E-state index contributed by atoms with van der Waals surface area (Å²) in [6, 6.07) is 12.2. The zero-order valence-corrected chi connectivity index (χ0v) is 13.8. The molecule has 126 valence electrons. The summed E-state index contributed by atoms with van der Waals surface area (Å²) >= 11 is 0. The van der Waals surface area contributed by atoms with Gasteiger partial charge in [-0.3, -0.25) is 14.4 Å². The summed E-state index contributed by atoms with van der Waals surface area (Å²) in [6.07, 6.45) is -0.245. The zero-order chi connectivity index (χ0) is 17.3. The van der Waals surface area contributed by atoms with Gasteiger partial charge in [-0.15, -0.1) is 0 Å². The monoisotopic (exact) mass is 348 g/mol. The molecule has 2 aromatic carbocycles. The minimum atomic E-state index is -3.93. The quantitative estimate of drug-likeness (QED) is 0.454. The van der Waals surface area contributed by atoms with Crippen molar-refractivity contribution >= 4 is 21.4 Å². The first-order valence-corrected chi connectivity index (χ1v) is 8.78. The Morgan fingerprint density at radius 2 is 1.83 bits per heavy atom. The number of nitro benzene ring substituents is 1. The van der Waals surface area contributed by atoms with E-state index in [0.717, 1.165) is 9.87 Å². The summed E-state index contributed by atoms with van der Waals surface area (Å²) in [5.41, 5.74) is 0.712. The fraction of sp³-hybridized carbons (Fsp3) is 0.250. The van der Waals surface area contributed by atoms with Crippen LogP contribution in [0.3, 0.4) is 0 Å². The molecule has 0 saturated carbocycles. The molecule has 0 amide bonds. The van der Waals surface area contributed by atoms with Crippen LogP contribution in [0.25, 0.3) is 0 Å². The fourth-order valence-electron chi connectivity index (χ4n) is 2.35. The minimum Gasteiger partial charge on any atom is -0.371 e. The number of rotatable bonds is 6. The van der Waals surface area contributed by atoms with E-state index in [4.69, 9.17) is 4.74 Å². The number of hydrogen-bond donors (Lipinski definition) is 0. The van der Waals surface area contributed by atoms with Gasteiger partial charge in [0.1, 0.15) is 5.69 Å². The summed E-state index contributed by atoms with van der Waals surface area (Å²) in [5.74, 6) is 0. The van der Waals surface area contributed by atoms with Crippen LogP contribution in [0.15, 0.2) is 53.4 Å². The van der Waals surface area contributed by atoms with Crippen molar-refractivity contribution in [1.82, 2.24) is 0 Å². The standard InChI is InChI=1S/C16H16N2O5S/c1-12-6-8-14(9-7-12)24(21,22)17(10-13-11-23-13)15-4-2-3-5-16(15)18(19)20/h2-9,13H,10-11H2,1H3/t13-/m1/s1. The molecule has 1 aliphatic rings. The number of nitrogens with zero attached hydrogens (tertiary/aromatic N) is 2. The normalized spacial score (nSPS) is 16.6. The number of hydrogen-bond acceptors (Lipinski definition) is 5. The van der Waals surface area contributed by atoms with Gasteiger partial charge in [0.15, 0.2) is 0 Å². The van der Waals surface area contributed by atoms with Gasteiger partial charge in [-0.05, 0) is 25.1 Å². The molecule has 0 unspecified atom stereocenters. The maximum atomic E-state index is 13.0. The number of aryl methyl sites for hydroxylation is 1. The molecule has 3 rings (SSSR count). The molecule has 0 aliphatic carbocycles. The van der Waals surface area contributed by atoms with Crippen molar-refractivity contribution < 1.29 is 18.1 Å². The molecule has 1 aliphatic heterocycles. The Morgan fingerprint density at radius 1 is 1.21 bits per heavy atom. The van der Waals surface area contributed by atoms with Crippen molar-refractivity contribution in [3.63, 3.8) is 0 Å². The smallest absolute Gasteiger partial charge is 0.293 e. The number of anilines is 1. The third-order valence-corrected chi connectivity index (χ3v) is 5.52. The number of benzene rings is 2. The van der Waals surface area contributed by atoms with Crippen LogP contribution >= 0.6 is 0 Å². The average molecular weight is 348 g/mol. The molecule has 8 heteroatoms. The van der Waals surface area contributed by atoms with E-state index in [-0.39, 0.29) is 28.9 Å². The van der Waals surface area contributed by atoms with Crippen molar-refractivity contribution in [3.05, 3.63) is 64.2 Å². The first-order valence-electron chi connectivity index (χ1n) is 7.34. The van der Waals surface area contributed by atoms with Gasteiger partial charge in [0, 0.05) is 6.07 Å². The van der Waals surface area contributed by atoms with Crippen LogP contribution in [0.1, 0.15) is 5.56 Å². The van der Waals surface area contributed by atoms with Crippen LogP contribution in [0.2, 0.25) is 0 Å². The van der Waals surface area contributed by atoms with Crippen LogP contribution in [0.5, 0.6) is 0 Å². The Morgan fingerprint density at radius 3 is 2.42 bits per heavy atom. The molecule has 0 bridgehead atoms. The van der Waals surface area contributed by atoms with Crippen molar-refractivity contribution in [2.45, 2.75) is 17.9 Å². The lowest BCUT2D eigenvalue weighted by molar-refractivity contribution is -0.384. The predicted molar refractivity (Wildman–Crippen MR) is 88.5 cm³/mol. The largest absolute Gasteiger partial charge is 0.371 e. The molecular weight excluding hydrogens is 332 g/mol. The maximum Gasteiger partial charge on any atom is 0.293 e. The van der Waals surface area contributed by atoms with E-state index in [9.17, 15) is 18.5 Å². The maximum absolute atomic E-state index is 13.0. The first kappa shape index (κ1) is 16.4. The van der Waals surface area contributed by atoms with Crippen LogP contribution in [0, 0.1) is 17.0 Å². The van der Waals surface area contributed by atoms with Crippen LogP contribution < -0.4 is 4.31 Å². The second-order valence-electron chi connectivity index (χ2n) is 5.55. The lowest BCUT2D eigenvalue weighted by Gasteiger charge is -2.23. The van der Waals surface area contributed by atoms with Gasteiger partial charge in [0.25, 0.3) is 15.7 Å². The van der Waals surface area contributed by atoms with E-state index in [0.29, 0.717) is 6.61 Å². The minimum absolute atomic E-state index is 0.0403. The highest BCUT2D eigenvalue weighted by Gasteiger charge is 2.35. The molecule has 24 heavy (non-hydrogen) atoms. The first-order chi connectivity index (χ1) is 11.4. The van der Waals surface area contributed by atoms with Crippen LogP contribution in [-0.4, -0.2) is 32.6 Å². The summed E-state index contributed by atoms with van der Waals surface area (Å²) in [5, 5.41) is 11.3. The third-order valence-electron chi connectivity index (χ3n) is 3.73. The average Bonchev–Trinajstić information content (AvgIpc) is 3.37. The lowest BCUT2D eigenvalue weighted by Crippen LogP contribution is -2.35. The van der Waals surface area contributed by atoms with Crippen molar-refractivity contribution in [2.75, 3.05) is 17.5 Å². The SMILES string of the molecule is Cc1ccc(S(=O)(=O)N(C[C@@H]2CO2)c2ccccc2[N+](=O)[O-])cc1. The molecule has 0 N–H and O–H groups in total. The number of para-hydroxylation sites is 2. The Hall–Kier alpha value is -2.45. The van der Waals surface area contributed by atoms with Gasteiger partial charge in [0.05, 0.1) is 29.1 Å². The van der Waals surface area contributed by atoms with E-state index in [2.05, 4.69) is 0 Å². The van der Waals surface area contributed by atoms with Gasteiger partial charge in [0.2, 0.25) is 0 Å². The molecular formula is C16H16N2O5S. The molecule has 7 nitrogen and oxygen atoms in total. The highest BCUT2D eigenvalue weighted by molar-refractivity contribution is 7.92. The summed E-state index contributed by atoms with van der Waals surface area (Å²) < 4.78 is 32.3. The molecule has 0 radical (unpaired) electrons. The number of nitro groups is 1. The molecule has 1 saturated heterocycles. The number of ether oxygens (including phenoxy) is 1. The molecule has 0 spiro atoms. The summed E-state index contributed by atoms with van der Waals surface area (Å²) in [4.78, 5) is 10.8. The van der Waals surface area contributed by atoms with Gasteiger partial charge in [-0.2, -0.15) is 0 Å². The van der Waals surface area contributed by atoms with E-state index in [1.807, 2.05) is 6.92 Å². The van der Waals surface area contributed by atoms with Gasteiger partial charge < -0.3 is 4.74 Å². The van der Waals surface area contributed by atoms with Gasteiger partial charge >= 0.3 is 0 Å². The van der Waals surface area contributed by atoms with E-state index in [1.165, 1.54) is 30.3 Å². The fourth-order valence-corrected chi connectivity index (χ4v) is 3.86. The van der Waals surface area contributed by atoms with E-state index >= 15 is 0 Å². The zero-order valence-electron chi connectivity index (χ0n) is 13.0. The summed E-state index contributed by atoms with van der Waals surface area (Å²) in [7, 11) is -3.93. The van der Waals surface area contributed by atoms with Crippen molar-refractivity contribution in [2.24, 2.45) is 0 Å². The van der Waals surface area contributed by atoms with E-state index < -0.39 is 14.9 Å². The Bertz CT molecular complexity index is 860. The molecule has 1 fully saturated rings. The molecule has 1 atom stereocenters. The molecule has 0 aromatic heterocycles.